The summed E-state index contributed by atoms with van der Waals surface area (Å²) in [5.74, 6) is 1.77. The minimum atomic E-state index is -0.0407. The first-order valence-electron chi connectivity index (χ1n) is 7.07. The van der Waals surface area contributed by atoms with Gasteiger partial charge in [-0.3, -0.25) is 9.78 Å². The van der Waals surface area contributed by atoms with Crippen LogP contribution in [-0.4, -0.2) is 44.0 Å². The molecule has 7 heteroatoms. The Kier molecular flexibility index (Phi) is 3.89. The first-order valence-corrected chi connectivity index (χ1v) is 7.07. The lowest BCUT2D eigenvalue weighted by Crippen LogP contribution is -2.29. The van der Waals surface area contributed by atoms with Crippen molar-refractivity contribution >= 4 is 5.91 Å². The molecular formula is C14H17N5O2. The van der Waals surface area contributed by atoms with Gasteiger partial charge in [0.25, 0.3) is 5.91 Å². The number of aryl methyl sites for hydroxylation is 2. The van der Waals surface area contributed by atoms with E-state index in [4.69, 9.17) is 4.52 Å². The van der Waals surface area contributed by atoms with Gasteiger partial charge < -0.3 is 9.42 Å². The molecule has 0 bridgehead atoms. The summed E-state index contributed by atoms with van der Waals surface area (Å²) in [4.78, 5) is 26.3. The molecule has 0 saturated carbocycles. The largest absolute Gasteiger partial charge is 0.340 e. The molecule has 0 radical (unpaired) electrons. The molecule has 110 valence electrons. The molecule has 2 aromatic heterocycles. The van der Waals surface area contributed by atoms with E-state index in [-0.39, 0.29) is 5.91 Å². The summed E-state index contributed by atoms with van der Waals surface area (Å²) in [6.45, 7) is 3.31. The number of aromatic nitrogens is 4. The predicted octanol–water partition coefficient (Wildman–Crippen LogP) is 1.26. The number of nitrogens with zero attached hydrogens (tertiary/aromatic N) is 5. The number of carbonyl (C=O) groups excluding carboxylic acids is 1. The van der Waals surface area contributed by atoms with E-state index < -0.39 is 0 Å². The molecule has 1 fully saturated rings. The molecule has 3 heterocycles. The highest BCUT2D eigenvalue weighted by atomic mass is 16.5. The maximum atomic E-state index is 12.3. The van der Waals surface area contributed by atoms with E-state index in [9.17, 15) is 4.79 Å². The number of rotatable bonds is 4. The molecule has 1 amide bonds. The van der Waals surface area contributed by atoms with Gasteiger partial charge in [-0.1, -0.05) is 5.16 Å². The average Bonchev–Trinajstić information content (AvgIpc) is 3.14. The Morgan fingerprint density at radius 2 is 2.38 bits per heavy atom. The Balaban J connectivity index is 1.52. The summed E-state index contributed by atoms with van der Waals surface area (Å²) in [5.41, 5.74) is 0.409. The highest BCUT2D eigenvalue weighted by Gasteiger charge is 2.27. The summed E-state index contributed by atoms with van der Waals surface area (Å²) < 4.78 is 4.96. The maximum Gasteiger partial charge on any atom is 0.274 e. The molecule has 1 atom stereocenters. The Morgan fingerprint density at radius 1 is 1.48 bits per heavy atom. The van der Waals surface area contributed by atoms with E-state index in [0.29, 0.717) is 17.5 Å². The van der Waals surface area contributed by atoms with Gasteiger partial charge in [0.2, 0.25) is 5.89 Å². The fourth-order valence-corrected chi connectivity index (χ4v) is 2.60. The molecule has 0 aromatic carbocycles. The molecule has 3 rings (SSSR count). The fraction of sp³-hybridized carbons (Fsp3) is 0.500. The molecule has 1 saturated heterocycles. The predicted molar refractivity (Wildman–Crippen MR) is 73.4 cm³/mol. The standard InChI is InChI=1S/C14H17N5O2/c1-10-17-13(18-21-10)3-2-11-4-7-19(9-11)14(20)12-8-15-5-6-16-12/h5-6,8,11H,2-4,7,9H2,1H3. The number of hydrogen-bond donors (Lipinski definition) is 0. The topological polar surface area (TPSA) is 85.0 Å². The average molecular weight is 287 g/mol. The Morgan fingerprint density at radius 3 is 3.10 bits per heavy atom. The highest BCUT2D eigenvalue weighted by Crippen LogP contribution is 2.22. The molecular weight excluding hydrogens is 270 g/mol. The number of likely N-dealkylation sites (tertiary alicyclic amines) is 1. The Hall–Kier alpha value is -2.31. The molecule has 7 nitrogen and oxygen atoms in total. The van der Waals surface area contributed by atoms with Crippen molar-refractivity contribution in [1.29, 1.82) is 0 Å². The van der Waals surface area contributed by atoms with Crippen molar-refractivity contribution in [3.05, 3.63) is 36.0 Å². The van der Waals surface area contributed by atoms with Crippen molar-refractivity contribution in [2.75, 3.05) is 13.1 Å². The van der Waals surface area contributed by atoms with E-state index in [2.05, 4.69) is 20.1 Å². The van der Waals surface area contributed by atoms with Crippen molar-refractivity contribution in [2.45, 2.75) is 26.2 Å². The third-order valence-corrected chi connectivity index (χ3v) is 3.70. The van der Waals surface area contributed by atoms with Crippen molar-refractivity contribution in [2.24, 2.45) is 5.92 Å². The van der Waals surface area contributed by atoms with Crippen molar-refractivity contribution < 1.29 is 9.32 Å². The SMILES string of the molecule is Cc1nc(CCC2CCN(C(=O)c3cnccn3)C2)no1. The van der Waals surface area contributed by atoms with Gasteiger partial charge in [-0.05, 0) is 18.8 Å². The molecule has 0 aliphatic carbocycles. The highest BCUT2D eigenvalue weighted by molar-refractivity contribution is 5.92. The third kappa shape index (κ3) is 3.24. The molecule has 1 aliphatic heterocycles. The van der Waals surface area contributed by atoms with Crippen LogP contribution in [0.15, 0.2) is 23.1 Å². The van der Waals surface area contributed by atoms with Crippen LogP contribution in [0.4, 0.5) is 0 Å². The lowest BCUT2D eigenvalue weighted by Gasteiger charge is -2.15. The summed E-state index contributed by atoms with van der Waals surface area (Å²) in [6, 6.07) is 0. The summed E-state index contributed by atoms with van der Waals surface area (Å²) >= 11 is 0. The van der Waals surface area contributed by atoms with Gasteiger partial charge in [-0.25, -0.2) is 4.98 Å². The van der Waals surface area contributed by atoms with Gasteiger partial charge in [-0.15, -0.1) is 0 Å². The zero-order valence-electron chi connectivity index (χ0n) is 11.9. The Bertz CT molecular complexity index is 613. The minimum absolute atomic E-state index is 0.0407. The molecule has 1 aliphatic rings. The van der Waals surface area contributed by atoms with Crippen molar-refractivity contribution in [3.8, 4) is 0 Å². The lowest BCUT2D eigenvalue weighted by molar-refractivity contribution is 0.0780. The van der Waals surface area contributed by atoms with Crippen LogP contribution in [0.5, 0.6) is 0 Å². The van der Waals surface area contributed by atoms with Crippen LogP contribution in [0.1, 0.15) is 35.0 Å². The van der Waals surface area contributed by atoms with Crippen LogP contribution >= 0.6 is 0 Å². The van der Waals surface area contributed by atoms with Crippen LogP contribution in [0.25, 0.3) is 0 Å². The number of amides is 1. The normalized spacial score (nSPS) is 18.1. The van der Waals surface area contributed by atoms with E-state index in [1.54, 1.807) is 19.3 Å². The lowest BCUT2D eigenvalue weighted by atomic mass is 10.0. The summed E-state index contributed by atoms with van der Waals surface area (Å²) in [5, 5.41) is 3.89. The first kappa shape index (κ1) is 13.7. The van der Waals surface area contributed by atoms with Crippen molar-refractivity contribution in [3.63, 3.8) is 0 Å². The van der Waals surface area contributed by atoms with E-state index >= 15 is 0 Å². The molecule has 0 spiro atoms. The van der Waals surface area contributed by atoms with Gasteiger partial charge in [0, 0.05) is 38.8 Å². The minimum Gasteiger partial charge on any atom is -0.340 e. The van der Waals surface area contributed by atoms with Gasteiger partial charge in [0.1, 0.15) is 5.69 Å². The molecule has 2 aromatic rings. The monoisotopic (exact) mass is 287 g/mol. The first-order chi connectivity index (χ1) is 10.2. The second-order valence-electron chi connectivity index (χ2n) is 5.26. The molecule has 1 unspecified atom stereocenters. The van der Waals surface area contributed by atoms with E-state index in [0.717, 1.165) is 38.2 Å². The second-order valence-corrected chi connectivity index (χ2v) is 5.26. The smallest absolute Gasteiger partial charge is 0.274 e. The van der Waals surface area contributed by atoms with Gasteiger partial charge in [-0.2, -0.15) is 4.98 Å². The van der Waals surface area contributed by atoms with Crippen LogP contribution in [0, 0.1) is 12.8 Å². The fourth-order valence-electron chi connectivity index (χ4n) is 2.60. The summed E-state index contributed by atoms with van der Waals surface area (Å²) in [7, 11) is 0. The number of hydrogen-bond acceptors (Lipinski definition) is 6. The van der Waals surface area contributed by atoms with Crippen molar-refractivity contribution in [1.82, 2.24) is 25.0 Å². The Labute approximate surface area is 122 Å². The molecule has 21 heavy (non-hydrogen) atoms. The number of carbonyl (C=O) groups is 1. The van der Waals surface area contributed by atoms with Crippen LogP contribution < -0.4 is 0 Å². The van der Waals surface area contributed by atoms with E-state index in [1.807, 2.05) is 4.90 Å². The van der Waals surface area contributed by atoms with Gasteiger partial charge in [0.05, 0.1) is 6.20 Å². The zero-order chi connectivity index (χ0) is 14.7. The third-order valence-electron chi connectivity index (χ3n) is 3.70. The maximum absolute atomic E-state index is 12.3. The van der Waals surface area contributed by atoms with Crippen LogP contribution in [-0.2, 0) is 6.42 Å². The van der Waals surface area contributed by atoms with Gasteiger partial charge in [0.15, 0.2) is 5.82 Å². The second kappa shape index (κ2) is 5.99. The van der Waals surface area contributed by atoms with Crippen LogP contribution in [0.2, 0.25) is 0 Å². The quantitative estimate of drug-likeness (QED) is 0.841. The van der Waals surface area contributed by atoms with Crippen LogP contribution in [0.3, 0.4) is 0 Å². The zero-order valence-corrected chi connectivity index (χ0v) is 11.9. The van der Waals surface area contributed by atoms with E-state index in [1.165, 1.54) is 6.20 Å². The van der Waals surface area contributed by atoms with Gasteiger partial charge >= 0.3 is 0 Å². The summed E-state index contributed by atoms with van der Waals surface area (Å²) in [6.07, 6.45) is 7.37. The molecule has 0 N–H and O–H groups in total.